The third-order valence-electron chi connectivity index (χ3n) is 3.76. The van der Waals surface area contributed by atoms with Crippen LogP contribution in [0.25, 0.3) is 0 Å². The van der Waals surface area contributed by atoms with E-state index in [1.54, 1.807) is 0 Å². The number of hydrogen-bond acceptors (Lipinski definition) is 2. The van der Waals surface area contributed by atoms with Gasteiger partial charge in [0.25, 0.3) is 0 Å². The first-order valence-electron chi connectivity index (χ1n) is 7.72. The van der Waals surface area contributed by atoms with Gasteiger partial charge in [-0.15, -0.1) is 0 Å². The van der Waals surface area contributed by atoms with Crippen molar-refractivity contribution in [2.45, 2.75) is 46.1 Å². The summed E-state index contributed by atoms with van der Waals surface area (Å²) in [6.07, 6.45) is 3.08. The lowest BCUT2D eigenvalue weighted by Crippen LogP contribution is -2.24. The Kier molecular flexibility index (Phi) is 5.37. The highest BCUT2D eigenvalue weighted by molar-refractivity contribution is 5.95. The summed E-state index contributed by atoms with van der Waals surface area (Å²) in [4.78, 5) is 25.2. The molecule has 1 aliphatic rings. The van der Waals surface area contributed by atoms with Crippen molar-refractivity contribution in [2.75, 3.05) is 11.4 Å². The van der Waals surface area contributed by atoms with Gasteiger partial charge in [-0.05, 0) is 36.5 Å². The maximum absolute atomic E-state index is 11.7. The Hall–Kier alpha value is -1.84. The van der Waals surface area contributed by atoms with Gasteiger partial charge in [0.15, 0.2) is 0 Å². The Balaban J connectivity index is 1.82. The van der Waals surface area contributed by atoms with Gasteiger partial charge >= 0.3 is 0 Å². The van der Waals surface area contributed by atoms with Crippen LogP contribution in [0.4, 0.5) is 5.69 Å². The van der Waals surface area contributed by atoms with Gasteiger partial charge in [0.2, 0.25) is 11.8 Å². The minimum absolute atomic E-state index is 0.0995. The molecule has 0 saturated carbocycles. The molecule has 0 unspecified atom stereocenters. The topological polar surface area (TPSA) is 49.4 Å². The molecule has 1 aromatic rings. The molecule has 1 heterocycles. The van der Waals surface area contributed by atoms with E-state index in [-0.39, 0.29) is 11.8 Å². The standard InChI is InChI=1S/C17H24N2O2/c1-13(2)5-10-16(20)18-12-14-6-8-15(9-7-14)19-11-3-4-17(19)21/h6-9,13H,3-5,10-12H2,1-2H3,(H,18,20). The first-order chi connectivity index (χ1) is 10.1. The van der Waals surface area contributed by atoms with Crippen LogP contribution in [-0.2, 0) is 16.1 Å². The molecule has 1 saturated heterocycles. The highest BCUT2D eigenvalue weighted by atomic mass is 16.2. The van der Waals surface area contributed by atoms with E-state index in [4.69, 9.17) is 0 Å². The fourth-order valence-electron chi connectivity index (χ4n) is 2.42. The van der Waals surface area contributed by atoms with Crippen LogP contribution in [0.1, 0.15) is 45.1 Å². The summed E-state index contributed by atoms with van der Waals surface area (Å²) in [5.74, 6) is 0.847. The molecule has 1 N–H and O–H groups in total. The molecule has 4 nitrogen and oxygen atoms in total. The second kappa shape index (κ2) is 7.25. The number of anilines is 1. The van der Waals surface area contributed by atoms with Crippen LogP contribution >= 0.6 is 0 Å². The molecule has 2 amide bonds. The van der Waals surface area contributed by atoms with Crippen molar-refractivity contribution >= 4 is 17.5 Å². The lowest BCUT2D eigenvalue weighted by Gasteiger charge is -2.16. The van der Waals surface area contributed by atoms with E-state index in [9.17, 15) is 9.59 Å². The average molecular weight is 288 g/mol. The van der Waals surface area contributed by atoms with E-state index in [0.717, 1.165) is 30.6 Å². The largest absolute Gasteiger partial charge is 0.352 e. The van der Waals surface area contributed by atoms with E-state index in [2.05, 4.69) is 19.2 Å². The van der Waals surface area contributed by atoms with E-state index >= 15 is 0 Å². The number of hydrogen-bond donors (Lipinski definition) is 1. The quantitative estimate of drug-likeness (QED) is 0.875. The van der Waals surface area contributed by atoms with Crippen LogP contribution in [-0.4, -0.2) is 18.4 Å². The summed E-state index contributed by atoms with van der Waals surface area (Å²) in [6, 6.07) is 7.87. The summed E-state index contributed by atoms with van der Waals surface area (Å²) in [7, 11) is 0. The van der Waals surface area contributed by atoms with Crippen molar-refractivity contribution in [3.05, 3.63) is 29.8 Å². The molecule has 0 atom stereocenters. The van der Waals surface area contributed by atoms with Crippen molar-refractivity contribution in [1.82, 2.24) is 5.32 Å². The summed E-state index contributed by atoms with van der Waals surface area (Å²) >= 11 is 0. The maximum Gasteiger partial charge on any atom is 0.227 e. The summed E-state index contributed by atoms with van der Waals surface area (Å²) in [6.45, 7) is 5.59. The molecule has 1 aromatic carbocycles. The van der Waals surface area contributed by atoms with Gasteiger partial charge in [-0.2, -0.15) is 0 Å². The molecule has 0 bridgehead atoms. The van der Waals surface area contributed by atoms with Crippen LogP contribution in [0, 0.1) is 5.92 Å². The first-order valence-corrected chi connectivity index (χ1v) is 7.72. The molecule has 0 aromatic heterocycles. The van der Waals surface area contributed by atoms with Crippen LogP contribution in [0.2, 0.25) is 0 Å². The van der Waals surface area contributed by atoms with Gasteiger partial charge < -0.3 is 10.2 Å². The highest BCUT2D eigenvalue weighted by Crippen LogP contribution is 2.21. The second-order valence-corrected chi connectivity index (χ2v) is 6.02. The van der Waals surface area contributed by atoms with Crippen molar-refractivity contribution < 1.29 is 9.59 Å². The molecule has 2 rings (SSSR count). The molecule has 0 aliphatic carbocycles. The third kappa shape index (κ3) is 4.59. The Morgan fingerprint density at radius 1 is 1.29 bits per heavy atom. The number of nitrogens with one attached hydrogen (secondary N) is 1. The molecule has 1 aliphatic heterocycles. The molecule has 0 spiro atoms. The summed E-state index contributed by atoms with van der Waals surface area (Å²) in [5, 5.41) is 2.93. The number of carbonyl (C=O) groups excluding carboxylic acids is 2. The molecule has 21 heavy (non-hydrogen) atoms. The number of rotatable bonds is 6. The first kappa shape index (κ1) is 15.5. The molecule has 114 valence electrons. The molecule has 0 radical (unpaired) electrons. The van der Waals surface area contributed by atoms with Crippen LogP contribution in [0.5, 0.6) is 0 Å². The minimum Gasteiger partial charge on any atom is -0.352 e. The zero-order valence-corrected chi connectivity index (χ0v) is 12.9. The number of carbonyl (C=O) groups is 2. The van der Waals surface area contributed by atoms with Gasteiger partial charge in [-0.1, -0.05) is 26.0 Å². The number of benzene rings is 1. The van der Waals surface area contributed by atoms with Crippen LogP contribution in [0.15, 0.2) is 24.3 Å². The van der Waals surface area contributed by atoms with E-state index in [1.807, 2.05) is 29.2 Å². The van der Waals surface area contributed by atoms with Gasteiger partial charge in [-0.25, -0.2) is 0 Å². The smallest absolute Gasteiger partial charge is 0.227 e. The van der Waals surface area contributed by atoms with Crippen molar-refractivity contribution in [3.8, 4) is 0 Å². The Bertz CT molecular complexity index is 494. The zero-order chi connectivity index (χ0) is 15.2. The molecule has 4 heteroatoms. The van der Waals surface area contributed by atoms with E-state index < -0.39 is 0 Å². The third-order valence-corrected chi connectivity index (χ3v) is 3.76. The Morgan fingerprint density at radius 3 is 2.57 bits per heavy atom. The lowest BCUT2D eigenvalue weighted by molar-refractivity contribution is -0.121. The van der Waals surface area contributed by atoms with Gasteiger partial charge in [0.05, 0.1) is 0 Å². The van der Waals surface area contributed by atoms with Crippen molar-refractivity contribution in [1.29, 1.82) is 0 Å². The van der Waals surface area contributed by atoms with Gasteiger partial charge in [0.1, 0.15) is 0 Å². The number of nitrogens with zero attached hydrogens (tertiary/aromatic N) is 1. The van der Waals surface area contributed by atoms with Gasteiger partial charge in [-0.3, -0.25) is 9.59 Å². The second-order valence-electron chi connectivity index (χ2n) is 6.02. The monoisotopic (exact) mass is 288 g/mol. The van der Waals surface area contributed by atoms with Crippen LogP contribution in [0.3, 0.4) is 0 Å². The molecular weight excluding hydrogens is 264 g/mol. The highest BCUT2D eigenvalue weighted by Gasteiger charge is 2.21. The molecule has 1 fully saturated rings. The average Bonchev–Trinajstić information content (AvgIpc) is 2.89. The maximum atomic E-state index is 11.7. The Labute approximate surface area is 126 Å². The predicted octanol–water partition coefficient (Wildman–Crippen LogP) is 2.87. The van der Waals surface area contributed by atoms with Crippen LogP contribution < -0.4 is 10.2 Å². The normalized spacial score (nSPS) is 14.8. The van der Waals surface area contributed by atoms with E-state index in [1.165, 1.54) is 0 Å². The summed E-state index contributed by atoms with van der Waals surface area (Å²) < 4.78 is 0. The molecular formula is C17H24N2O2. The van der Waals surface area contributed by atoms with Crippen molar-refractivity contribution in [2.24, 2.45) is 5.92 Å². The fourth-order valence-corrected chi connectivity index (χ4v) is 2.42. The summed E-state index contributed by atoms with van der Waals surface area (Å²) in [5.41, 5.74) is 2.01. The lowest BCUT2D eigenvalue weighted by atomic mass is 10.1. The fraction of sp³-hybridized carbons (Fsp3) is 0.529. The minimum atomic E-state index is 0.0995. The Morgan fingerprint density at radius 2 is 2.00 bits per heavy atom. The SMILES string of the molecule is CC(C)CCC(=O)NCc1ccc(N2CCCC2=O)cc1. The van der Waals surface area contributed by atoms with Gasteiger partial charge in [0, 0.05) is 31.6 Å². The van der Waals surface area contributed by atoms with E-state index in [0.29, 0.717) is 25.3 Å². The predicted molar refractivity (Wildman–Crippen MR) is 83.9 cm³/mol. The van der Waals surface area contributed by atoms with Crippen molar-refractivity contribution in [3.63, 3.8) is 0 Å². The number of amides is 2. The zero-order valence-electron chi connectivity index (χ0n) is 12.9.